The second kappa shape index (κ2) is 3.76. The van der Waals surface area contributed by atoms with Crippen molar-refractivity contribution in [3.8, 4) is 0 Å². The molecule has 0 radical (unpaired) electrons. The van der Waals surface area contributed by atoms with Crippen molar-refractivity contribution in [2.24, 2.45) is 16.7 Å². The molecule has 1 spiro atoms. The molecule has 1 nitrogen and oxygen atoms in total. The second-order valence-electron chi connectivity index (χ2n) is 7.12. The molecule has 1 heterocycles. The fraction of sp³-hybridized carbons (Fsp3) is 1.00. The lowest BCUT2D eigenvalue weighted by Gasteiger charge is -2.34. The minimum absolute atomic E-state index is 0.502. The topological polar surface area (TPSA) is 3.24 Å². The van der Waals surface area contributed by atoms with E-state index in [0.717, 1.165) is 11.3 Å². The maximum atomic E-state index is 2.68. The van der Waals surface area contributed by atoms with Crippen LogP contribution in [0.15, 0.2) is 0 Å². The maximum absolute atomic E-state index is 2.68. The van der Waals surface area contributed by atoms with Crippen LogP contribution in [0.3, 0.4) is 0 Å². The van der Waals surface area contributed by atoms with Crippen molar-refractivity contribution in [3.63, 3.8) is 0 Å². The first-order valence-corrected chi connectivity index (χ1v) is 6.64. The summed E-state index contributed by atoms with van der Waals surface area (Å²) in [6.45, 7) is 13.5. The number of rotatable bonds is 2. The number of hydrogen-bond donors (Lipinski definition) is 0. The third kappa shape index (κ3) is 2.75. The molecule has 1 heteroatoms. The molecular formula is C14H27N. The van der Waals surface area contributed by atoms with Crippen LogP contribution in [-0.2, 0) is 0 Å². The highest BCUT2D eigenvalue weighted by atomic mass is 15.1. The summed E-state index contributed by atoms with van der Waals surface area (Å²) < 4.78 is 0. The predicted octanol–water partition coefficient (Wildman–Crippen LogP) is 3.54. The molecule has 2 rings (SSSR count). The van der Waals surface area contributed by atoms with Crippen LogP contribution in [0.4, 0.5) is 0 Å². The lowest BCUT2D eigenvalue weighted by Crippen LogP contribution is -2.36. The Hall–Kier alpha value is -0.0400. The lowest BCUT2D eigenvalue weighted by molar-refractivity contribution is 0.147. The molecule has 0 bridgehead atoms. The van der Waals surface area contributed by atoms with Gasteiger partial charge in [-0.15, -0.1) is 0 Å². The van der Waals surface area contributed by atoms with Crippen molar-refractivity contribution in [2.75, 3.05) is 19.6 Å². The van der Waals surface area contributed by atoms with Crippen LogP contribution in [0.1, 0.15) is 53.4 Å². The van der Waals surface area contributed by atoms with E-state index in [1.807, 2.05) is 0 Å². The zero-order valence-electron chi connectivity index (χ0n) is 11.0. The normalized spacial score (nSPS) is 30.8. The van der Waals surface area contributed by atoms with Gasteiger partial charge in [0.05, 0.1) is 0 Å². The van der Waals surface area contributed by atoms with Gasteiger partial charge in [-0.3, -0.25) is 0 Å². The van der Waals surface area contributed by atoms with Gasteiger partial charge >= 0.3 is 0 Å². The van der Waals surface area contributed by atoms with Gasteiger partial charge < -0.3 is 4.90 Å². The monoisotopic (exact) mass is 209 g/mol. The SMILES string of the molecule is CC1CC12CCN(CCC(C)(C)C)CC2. The van der Waals surface area contributed by atoms with Gasteiger partial charge in [0.2, 0.25) is 0 Å². The summed E-state index contributed by atoms with van der Waals surface area (Å²) in [5.41, 5.74) is 1.31. The maximum Gasteiger partial charge on any atom is -0.00133 e. The average molecular weight is 209 g/mol. The number of nitrogens with zero attached hydrogens (tertiary/aromatic N) is 1. The van der Waals surface area contributed by atoms with Gasteiger partial charge in [0.25, 0.3) is 0 Å². The first-order chi connectivity index (χ1) is 6.91. The molecule has 88 valence electrons. The largest absolute Gasteiger partial charge is 0.303 e. The standard InChI is InChI=1S/C14H27N/c1-12-11-14(12)6-9-15(10-7-14)8-5-13(2,3)4/h12H,5-11H2,1-4H3. The van der Waals surface area contributed by atoms with Gasteiger partial charge in [-0.25, -0.2) is 0 Å². The fourth-order valence-corrected chi connectivity index (χ4v) is 2.96. The molecular weight excluding hydrogens is 182 g/mol. The summed E-state index contributed by atoms with van der Waals surface area (Å²) in [6.07, 6.45) is 5.80. The Morgan fingerprint density at radius 2 is 1.73 bits per heavy atom. The second-order valence-corrected chi connectivity index (χ2v) is 7.12. The van der Waals surface area contributed by atoms with Crippen molar-refractivity contribution >= 4 is 0 Å². The zero-order chi connectivity index (χ0) is 11.1. The van der Waals surface area contributed by atoms with Crippen LogP contribution >= 0.6 is 0 Å². The Bertz CT molecular complexity index is 218. The minimum Gasteiger partial charge on any atom is -0.303 e. The molecule has 15 heavy (non-hydrogen) atoms. The van der Waals surface area contributed by atoms with Gasteiger partial charge in [-0.1, -0.05) is 27.7 Å². The molecule has 0 aromatic carbocycles. The third-order valence-corrected chi connectivity index (χ3v) is 4.63. The zero-order valence-corrected chi connectivity index (χ0v) is 11.0. The van der Waals surface area contributed by atoms with E-state index in [9.17, 15) is 0 Å². The predicted molar refractivity (Wildman–Crippen MR) is 66.0 cm³/mol. The molecule has 2 fully saturated rings. The lowest BCUT2D eigenvalue weighted by atomic mass is 9.89. The molecule has 0 aromatic rings. The molecule has 0 N–H and O–H groups in total. The minimum atomic E-state index is 0.502. The van der Waals surface area contributed by atoms with Gasteiger partial charge in [0, 0.05) is 0 Å². The van der Waals surface area contributed by atoms with E-state index >= 15 is 0 Å². The smallest absolute Gasteiger partial charge is 0.00133 e. The van der Waals surface area contributed by atoms with E-state index in [4.69, 9.17) is 0 Å². The summed E-state index contributed by atoms with van der Waals surface area (Å²) in [6, 6.07) is 0. The summed E-state index contributed by atoms with van der Waals surface area (Å²) in [4.78, 5) is 2.68. The summed E-state index contributed by atoms with van der Waals surface area (Å²) in [5, 5.41) is 0. The highest BCUT2D eigenvalue weighted by Crippen LogP contribution is 2.58. The Balaban J connectivity index is 1.70. The van der Waals surface area contributed by atoms with Crippen molar-refractivity contribution < 1.29 is 0 Å². The fourth-order valence-electron chi connectivity index (χ4n) is 2.96. The molecule has 1 saturated carbocycles. The van der Waals surface area contributed by atoms with Crippen molar-refractivity contribution in [1.29, 1.82) is 0 Å². The van der Waals surface area contributed by atoms with Crippen molar-refractivity contribution in [3.05, 3.63) is 0 Å². The van der Waals surface area contributed by atoms with Gasteiger partial charge in [-0.2, -0.15) is 0 Å². The van der Waals surface area contributed by atoms with E-state index in [0.29, 0.717) is 5.41 Å². The van der Waals surface area contributed by atoms with E-state index in [-0.39, 0.29) is 0 Å². The first-order valence-electron chi connectivity index (χ1n) is 6.64. The van der Waals surface area contributed by atoms with Crippen molar-refractivity contribution in [1.82, 2.24) is 4.90 Å². The molecule has 0 aromatic heterocycles. The highest BCUT2D eigenvalue weighted by Gasteiger charge is 2.51. The van der Waals surface area contributed by atoms with Gasteiger partial charge in [-0.05, 0) is 62.1 Å². The molecule has 0 amide bonds. The first kappa shape index (κ1) is 11.4. The molecule has 1 aliphatic heterocycles. The molecule has 1 unspecified atom stereocenters. The molecule has 1 saturated heterocycles. The Morgan fingerprint density at radius 3 is 2.13 bits per heavy atom. The summed E-state index contributed by atoms with van der Waals surface area (Å²) >= 11 is 0. The third-order valence-electron chi connectivity index (χ3n) is 4.63. The number of piperidine rings is 1. The van der Waals surface area contributed by atoms with E-state index in [1.165, 1.54) is 45.3 Å². The van der Waals surface area contributed by atoms with E-state index in [2.05, 4.69) is 32.6 Å². The molecule has 2 aliphatic rings. The highest BCUT2D eigenvalue weighted by molar-refractivity contribution is 5.02. The number of hydrogen-bond acceptors (Lipinski definition) is 1. The van der Waals surface area contributed by atoms with Crippen LogP contribution in [0, 0.1) is 16.7 Å². The molecule has 1 atom stereocenters. The Morgan fingerprint density at radius 1 is 1.20 bits per heavy atom. The van der Waals surface area contributed by atoms with Crippen molar-refractivity contribution in [2.45, 2.75) is 53.4 Å². The van der Waals surface area contributed by atoms with Crippen LogP contribution < -0.4 is 0 Å². The van der Waals surface area contributed by atoms with Gasteiger partial charge in [0.15, 0.2) is 0 Å². The summed E-state index contributed by atoms with van der Waals surface area (Å²) in [7, 11) is 0. The Labute approximate surface area is 95.2 Å². The van der Waals surface area contributed by atoms with Crippen LogP contribution in [0.2, 0.25) is 0 Å². The molecule has 1 aliphatic carbocycles. The number of likely N-dealkylation sites (tertiary alicyclic amines) is 1. The Kier molecular flexibility index (Phi) is 2.87. The quantitative estimate of drug-likeness (QED) is 0.672. The van der Waals surface area contributed by atoms with Gasteiger partial charge in [0.1, 0.15) is 0 Å². The summed E-state index contributed by atoms with van der Waals surface area (Å²) in [5.74, 6) is 1.03. The average Bonchev–Trinajstić information content (AvgIpc) is 2.74. The van der Waals surface area contributed by atoms with E-state index < -0.39 is 0 Å². The van der Waals surface area contributed by atoms with Crippen LogP contribution in [0.25, 0.3) is 0 Å². The van der Waals surface area contributed by atoms with E-state index in [1.54, 1.807) is 0 Å². The van der Waals surface area contributed by atoms with Crippen LogP contribution in [-0.4, -0.2) is 24.5 Å². The van der Waals surface area contributed by atoms with Crippen LogP contribution in [0.5, 0.6) is 0 Å².